The van der Waals surface area contributed by atoms with Crippen LogP contribution in [-0.2, 0) is 4.79 Å². The molecule has 0 spiro atoms. The first kappa shape index (κ1) is 23.5. The zero-order chi connectivity index (χ0) is 22.7. The van der Waals surface area contributed by atoms with Gasteiger partial charge in [0.15, 0.2) is 0 Å². The smallest absolute Gasteiger partial charge is 0.267 e. The SMILES string of the molecule is CCCN(CCC)c1nc2ccc(C)cn2c(=O)c1C=C1SC(=S)N(CC(C)C)C1=O. The minimum absolute atomic E-state index is 0.138. The molecule has 3 rings (SSSR count). The number of pyridine rings is 1. The van der Waals surface area contributed by atoms with E-state index in [0.29, 0.717) is 38.7 Å². The van der Waals surface area contributed by atoms with Gasteiger partial charge in [-0.05, 0) is 43.4 Å². The van der Waals surface area contributed by atoms with E-state index in [1.54, 1.807) is 21.6 Å². The van der Waals surface area contributed by atoms with Crippen molar-refractivity contribution in [3.05, 3.63) is 44.7 Å². The molecule has 1 amide bonds. The number of hydrogen-bond donors (Lipinski definition) is 0. The fourth-order valence-electron chi connectivity index (χ4n) is 3.63. The molecule has 2 aromatic rings. The van der Waals surface area contributed by atoms with Crippen LogP contribution in [0.3, 0.4) is 0 Å². The standard InChI is InChI=1S/C23H30N4O2S2/c1-6-10-25(11-7-2)20-17(21(28)26-14-16(5)8-9-19(26)24-20)12-18-22(29)27(13-15(3)4)23(30)31-18/h8-9,12,14-15H,6-7,10-11,13H2,1-5H3. The molecule has 0 radical (unpaired) electrons. The third-order valence-corrected chi connectivity index (χ3v) is 6.35. The fraction of sp³-hybridized carbons (Fsp3) is 0.478. The number of anilines is 1. The number of fused-ring (bicyclic) bond motifs is 1. The minimum atomic E-state index is -0.171. The molecule has 1 aliphatic rings. The van der Waals surface area contributed by atoms with E-state index in [1.807, 2.05) is 19.1 Å². The Morgan fingerprint density at radius 3 is 2.48 bits per heavy atom. The van der Waals surface area contributed by atoms with E-state index in [2.05, 4.69) is 32.6 Å². The highest BCUT2D eigenvalue weighted by Crippen LogP contribution is 2.34. The quantitative estimate of drug-likeness (QED) is 0.429. The van der Waals surface area contributed by atoms with Crippen LogP contribution in [0.4, 0.5) is 5.82 Å². The molecule has 0 bridgehead atoms. The van der Waals surface area contributed by atoms with Crippen molar-refractivity contribution in [2.45, 2.75) is 47.5 Å². The second kappa shape index (κ2) is 9.96. The van der Waals surface area contributed by atoms with Gasteiger partial charge in [-0.3, -0.25) is 18.9 Å². The van der Waals surface area contributed by atoms with Crippen molar-refractivity contribution < 1.29 is 4.79 Å². The first-order chi connectivity index (χ1) is 14.8. The van der Waals surface area contributed by atoms with E-state index in [4.69, 9.17) is 17.2 Å². The summed E-state index contributed by atoms with van der Waals surface area (Å²) in [7, 11) is 0. The summed E-state index contributed by atoms with van der Waals surface area (Å²) in [5.41, 5.74) is 1.84. The van der Waals surface area contributed by atoms with Crippen LogP contribution < -0.4 is 10.5 Å². The predicted molar refractivity (Wildman–Crippen MR) is 134 cm³/mol. The summed E-state index contributed by atoms with van der Waals surface area (Å²) < 4.78 is 2.10. The van der Waals surface area contributed by atoms with Crippen LogP contribution in [0.15, 0.2) is 28.0 Å². The molecule has 0 unspecified atom stereocenters. The molecule has 0 saturated carbocycles. The third kappa shape index (κ3) is 5.01. The summed E-state index contributed by atoms with van der Waals surface area (Å²) in [4.78, 5) is 35.6. The van der Waals surface area contributed by atoms with Gasteiger partial charge in [0, 0.05) is 25.8 Å². The minimum Gasteiger partial charge on any atom is -0.356 e. The van der Waals surface area contributed by atoms with Gasteiger partial charge in [0.25, 0.3) is 11.5 Å². The van der Waals surface area contributed by atoms with E-state index < -0.39 is 0 Å². The fourth-order valence-corrected chi connectivity index (χ4v) is 4.89. The van der Waals surface area contributed by atoms with Gasteiger partial charge in [-0.15, -0.1) is 0 Å². The van der Waals surface area contributed by atoms with Gasteiger partial charge < -0.3 is 4.90 Å². The Morgan fingerprint density at radius 1 is 1.19 bits per heavy atom. The molecule has 3 heterocycles. The van der Waals surface area contributed by atoms with Crippen LogP contribution in [-0.4, -0.2) is 44.1 Å². The maximum absolute atomic E-state index is 13.5. The monoisotopic (exact) mass is 458 g/mol. The molecule has 2 aromatic heterocycles. The van der Waals surface area contributed by atoms with Crippen molar-refractivity contribution in [1.82, 2.24) is 14.3 Å². The lowest BCUT2D eigenvalue weighted by Crippen LogP contribution is -2.32. The number of aryl methyl sites for hydroxylation is 1. The van der Waals surface area contributed by atoms with Crippen LogP contribution >= 0.6 is 24.0 Å². The predicted octanol–water partition coefficient (Wildman–Crippen LogP) is 4.49. The van der Waals surface area contributed by atoms with Gasteiger partial charge in [0.05, 0.1) is 10.5 Å². The second-order valence-corrected chi connectivity index (χ2v) is 9.94. The Bertz CT molecular complexity index is 1080. The van der Waals surface area contributed by atoms with Crippen molar-refractivity contribution in [2.75, 3.05) is 24.5 Å². The molecule has 1 fully saturated rings. The average Bonchev–Trinajstić information content (AvgIpc) is 2.97. The number of hydrogen-bond acceptors (Lipinski definition) is 6. The molecule has 1 aliphatic heterocycles. The number of amides is 1. The number of thiocarbonyl (C=S) groups is 1. The lowest BCUT2D eigenvalue weighted by molar-refractivity contribution is -0.122. The average molecular weight is 459 g/mol. The molecular weight excluding hydrogens is 428 g/mol. The largest absolute Gasteiger partial charge is 0.356 e. The number of thioether (sulfide) groups is 1. The van der Waals surface area contributed by atoms with E-state index in [1.165, 1.54) is 11.8 Å². The first-order valence-corrected chi connectivity index (χ1v) is 12.0. The number of rotatable bonds is 8. The molecule has 1 saturated heterocycles. The van der Waals surface area contributed by atoms with Gasteiger partial charge in [-0.2, -0.15) is 0 Å². The van der Waals surface area contributed by atoms with Crippen LogP contribution in [0, 0.1) is 12.8 Å². The van der Waals surface area contributed by atoms with E-state index in [-0.39, 0.29) is 11.5 Å². The van der Waals surface area contributed by atoms with E-state index >= 15 is 0 Å². The second-order valence-electron chi connectivity index (χ2n) is 8.26. The maximum Gasteiger partial charge on any atom is 0.267 e. The number of nitrogens with zero attached hydrogens (tertiary/aromatic N) is 4. The molecule has 6 nitrogen and oxygen atoms in total. The van der Waals surface area contributed by atoms with Crippen molar-refractivity contribution in [3.8, 4) is 0 Å². The van der Waals surface area contributed by atoms with Crippen molar-refractivity contribution >= 4 is 51.7 Å². The highest BCUT2D eigenvalue weighted by atomic mass is 32.2. The summed E-state index contributed by atoms with van der Waals surface area (Å²) in [5.74, 6) is 0.797. The molecular formula is C23H30N4O2S2. The molecule has 166 valence electrons. The normalized spacial score (nSPS) is 15.7. The summed E-state index contributed by atoms with van der Waals surface area (Å²) in [6, 6.07) is 3.81. The van der Waals surface area contributed by atoms with Gasteiger partial charge in [-0.25, -0.2) is 4.98 Å². The molecule has 0 N–H and O–H groups in total. The Kier molecular flexibility index (Phi) is 7.54. The number of carbonyl (C=O) groups is 1. The maximum atomic E-state index is 13.5. The van der Waals surface area contributed by atoms with Crippen LogP contribution in [0.1, 0.15) is 51.7 Å². The first-order valence-electron chi connectivity index (χ1n) is 10.8. The van der Waals surface area contributed by atoms with Gasteiger partial charge in [0.2, 0.25) is 0 Å². The third-order valence-electron chi connectivity index (χ3n) is 4.97. The lowest BCUT2D eigenvalue weighted by atomic mass is 10.2. The highest BCUT2D eigenvalue weighted by Gasteiger charge is 2.33. The van der Waals surface area contributed by atoms with Gasteiger partial charge in [0.1, 0.15) is 15.8 Å². The summed E-state index contributed by atoms with van der Waals surface area (Å²) >= 11 is 6.70. The van der Waals surface area contributed by atoms with Gasteiger partial charge >= 0.3 is 0 Å². The Labute approximate surface area is 193 Å². The molecule has 8 heteroatoms. The van der Waals surface area contributed by atoms with E-state index in [0.717, 1.165) is 31.5 Å². The number of aromatic nitrogens is 2. The summed E-state index contributed by atoms with van der Waals surface area (Å²) in [6.45, 7) is 12.4. The zero-order valence-corrected chi connectivity index (χ0v) is 20.5. The van der Waals surface area contributed by atoms with Crippen molar-refractivity contribution in [3.63, 3.8) is 0 Å². The molecule has 0 aliphatic carbocycles. The summed E-state index contributed by atoms with van der Waals surface area (Å²) in [6.07, 6.45) is 5.35. The lowest BCUT2D eigenvalue weighted by Gasteiger charge is -2.24. The molecule has 31 heavy (non-hydrogen) atoms. The Morgan fingerprint density at radius 2 is 1.87 bits per heavy atom. The van der Waals surface area contributed by atoms with Gasteiger partial charge in [-0.1, -0.05) is 57.7 Å². The van der Waals surface area contributed by atoms with Crippen molar-refractivity contribution in [2.24, 2.45) is 5.92 Å². The van der Waals surface area contributed by atoms with E-state index in [9.17, 15) is 9.59 Å². The van der Waals surface area contributed by atoms with Crippen LogP contribution in [0.5, 0.6) is 0 Å². The van der Waals surface area contributed by atoms with Crippen LogP contribution in [0.2, 0.25) is 0 Å². The zero-order valence-electron chi connectivity index (χ0n) is 18.8. The number of carbonyl (C=O) groups excluding carboxylic acids is 1. The topological polar surface area (TPSA) is 57.9 Å². The Hall–Kier alpha value is -2.19. The summed E-state index contributed by atoms with van der Waals surface area (Å²) in [5, 5.41) is 0. The molecule has 0 atom stereocenters. The molecule has 0 aromatic carbocycles. The highest BCUT2D eigenvalue weighted by molar-refractivity contribution is 8.26. The van der Waals surface area contributed by atoms with Crippen LogP contribution in [0.25, 0.3) is 11.7 Å². The van der Waals surface area contributed by atoms with Crippen molar-refractivity contribution in [1.29, 1.82) is 0 Å². The Balaban J connectivity index is 2.19.